The molecule has 78 valence electrons. The predicted octanol–water partition coefficient (Wildman–Crippen LogP) is 3.90. The molecule has 2 atom stereocenters. The second kappa shape index (κ2) is 3.93. The summed E-state index contributed by atoms with van der Waals surface area (Å²) in [5.74, 6) is 0.553. The van der Waals surface area contributed by atoms with Crippen molar-refractivity contribution in [1.29, 1.82) is 0 Å². The van der Waals surface area contributed by atoms with Gasteiger partial charge in [0.1, 0.15) is 5.67 Å². The number of hydrogen-bond donors (Lipinski definition) is 0. The Morgan fingerprint density at radius 2 is 1.85 bits per heavy atom. The van der Waals surface area contributed by atoms with E-state index in [2.05, 4.69) is 6.92 Å². The van der Waals surface area contributed by atoms with Crippen molar-refractivity contribution in [2.24, 2.45) is 11.8 Å². The molecule has 0 bridgehead atoms. The van der Waals surface area contributed by atoms with E-state index < -0.39 is 11.8 Å². The Morgan fingerprint density at radius 1 is 1.31 bits per heavy atom. The highest BCUT2D eigenvalue weighted by atomic mass is 19.1. The van der Waals surface area contributed by atoms with Crippen LogP contribution in [0.1, 0.15) is 46.5 Å². The minimum atomic E-state index is -0.978. The van der Waals surface area contributed by atoms with Gasteiger partial charge in [0, 0.05) is 0 Å². The summed E-state index contributed by atoms with van der Waals surface area (Å²) in [6.07, 6.45) is 1.75. The quantitative estimate of drug-likeness (QED) is 0.630. The van der Waals surface area contributed by atoms with Crippen molar-refractivity contribution in [3.63, 3.8) is 0 Å². The molecule has 0 N–H and O–H groups in total. The van der Waals surface area contributed by atoms with Crippen LogP contribution in [-0.2, 0) is 0 Å². The van der Waals surface area contributed by atoms with Crippen molar-refractivity contribution in [1.82, 2.24) is 0 Å². The van der Waals surface area contributed by atoms with Crippen molar-refractivity contribution in [2.75, 3.05) is 0 Å². The van der Waals surface area contributed by atoms with Crippen LogP contribution in [0.25, 0.3) is 0 Å². The summed E-state index contributed by atoms with van der Waals surface area (Å²) < 4.78 is 26.4. The molecule has 1 aliphatic carbocycles. The Bertz CT molecular complexity index is 159. The summed E-state index contributed by atoms with van der Waals surface area (Å²) in [6.45, 7) is 5.53. The lowest BCUT2D eigenvalue weighted by atomic mass is 9.66. The van der Waals surface area contributed by atoms with E-state index in [4.69, 9.17) is 0 Å². The smallest absolute Gasteiger partial charge is 0.114 e. The summed E-state index contributed by atoms with van der Waals surface area (Å²) in [5.41, 5.74) is -0.978. The molecule has 13 heavy (non-hydrogen) atoms. The minimum absolute atomic E-state index is 0.0295. The standard InChI is InChI=1S/C11H20F2/c1-8-6-11(13,7-8)9(2)4-5-10(3)12/h8-10H,4-7H2,1-3H3. The number of alkyl halides is 2. The summed E-state index contributed by atoms with van der Waals surface area (Å²) in [4.78, 5) is 0. The third kappa shape index (κ3) is 2.65. The topological polar surface area (TPSA) is 0 Å². The van der Waals surface area contributed by atoms with Gasteiger partial charge in [0.2, 0.25) is 0 Å². The molecule has 1 aliphatic rings. The van der Waals surface area contributed by atoms with Crippen LogP contribution in [0.5, 0.6) is 0 Å². The molecule has 0 amide bonds. The van der Waals surface area contributed by atoms with Crippen LogP contribution in [0.4, 0.5) is 8.78 Å². The van der Waals surface area contributed by atoms with Crippen LogP contribution in [0.3, 0.4) is 0 Å². The van der Waals surface area contributed by atoms with Crippen LogP contribution in [0.15, 0.2) is 0 Å². The summed E-state index contributed by atoms with van der Waals surface area (Å²) >= 11 is 0. The zero-order chi connectivity index (χ0) is 10.1. The van der Waals surface area contributed by atoms with Crippen molar-refractivity contribution in [2.45, 2.75) is 58.3 Å². The zero-order valence-electron chi connectivity index (χ0n) is 8.82. The van der Waals surface area contributed by atoms with E-state index in [0.29, 0.717) is 31.6 Å². The summed E-state index contributed by atoms with van der Waals surface area (Å²) in [5, 5.41) is 0. The second-order valence-corrected chi connectivity index (χ2v) is 4.81. The van der Waals surface area contributed by atoms with Gasteiger partial charge < -0.3 is 0 Å². The lowest BCUT2D eigenvalue weighted by Gasteiger charge is -2.44. The second-order valence-electron chi connectivity index (χ2n) is 4.81. The maximum Gasteiger partial charge on any atom is 0.114 e. The molecule has 1 fully saturated rings. The first-order chi connectivity index (χ1) is 5.94. The van der Waals surface area contributed by atoms with Gasteiger partial charge >= 0.3 is 0 Å². The SMILES string of the molecule is CC(F)CCC(C)C1(F)CC(C)C1. The summed E-state index contributed by atoms with van der Waals surface area (Å²) in [6, 6.07) is 0. The van der Waals surface area contributed by atoms with E-state index in [9.17, 15) is 8.78 Å². The molecule has 0 heterocycles. The lowest BCUT2D eigenvalue weighted by molar-refractivity contribution is -0.0375. The normalized spacial score (nSPS) is 38.1. The van der Waals surface area contributed by atoms with Gasteiger partial charge in [-0.15, -0.1) is 0 Å². The molecular formula is C11H20F2. The Morgan fingerprint density at radius 3 is 2.23 bits per heavy atom. The van der Waals surface area contributed by atoms with Gasteiger partial charge in [-0.2, -0.15) is 0 Å². The fraction of sp³-hybridized carbons (Fsp3) is 1.00. The fourth-order valence-electron chi connectivity index (χ4n) is 2.24. The van der Waals surface area contributed by atoms with E-state index in [0.717, 1.165) is 0 Å². The molecule has 1 rings (SSSR count). The van der Waals surface area contributed by atoms with Crippen LogP contribution in [-0.4, -0.2) is 11.8 Å². The lowest BCUT2D eigenvalue weighted by Crippen LogP contribution is -2.44. The molecule has 2 heteroatoms. The van der Waals surface area contributed by atoms with E-state index in [1.54, 1.807) is 6.92 Å². The average Bonchev–Trinajstić information content (AvgIpc) is 1.97. The van der Waals surface area contributed by atoms with Crippen LogP contribution in [0.2, 0.25) is 0 Å². The van der Waals surface area contributed by atoms with Gasteiger partial charge in [-0.05, 0) is 44.4 Å². The van der Waals surface area contributed by atoms with Crippen molar-refractivity contribution >= 4 is 0 Å². The number of halogens is 2. The first kappa shape index (κ1) is 10.9. The molecule has 0 aromatic heterocycles. The maximum atomic E-state index is 13.9. The van der Waals surface area contributed by atoms with Crippen molar-refractivity contribution < 1.29 is 8.78 Å². The van der Waals surface area contributed by atoms with Gasteiger partial charge in [0.05, 0.1) is 6.17 Å². The third-order valence-corrected chi connectivity index (χ3v) is 3.26. The molecule has 0 aliphatic heterocycles. The van der Waals surface area contributed by atoms with E-state index in [1.807, 2.05) is 6.92 Å². The van der Waals surface area contributed by atoms with Crippen LogP contribution in [0, 0.1) is 11.8 Å². The highest BCUT2D eigenvalue weighted by Crippen LogP contribution is 2.47. The molecule has 0 nitrogen and oxygen atoms in total. The third-order valence-electron chi connectivity index (χ3n) is 3.26. The number of hydrogen-bond acceptors (Lipinski definition) is 0. The Hall–Kier alpha value is -0.140. The first-order valence-corrected chi connectivity index (χ1v) is 5.27. The van der Waals surface area contributed by atoms with Gasteiger partial charge in [-0.25, -0.2) is 8.78 Å². The molecule has 0 aromatic rings. The molecule has 0 saturated heterocycles. The largest absolute Gasteiger partial charge is 0.248 e. The predicted molar refractivity (Wildman–Crippen MR) is 51.2 cm³/mol. The first-order valence-electron chi connectivity index (χ1n) is 5.27. The van der Waals surface area contributed by atoms with Crippen molar-refractivity contribution in [3.8, 4) is 0 Å². The Kier molecular flexibility index (Phi) is 3.31. The highest BCUT2D eigenvalue weighted by molar-refractivity contribution is 4.96. The van der Waals surface area contributed by atoms with E-state index >= 15 is 0 Å². The van der Waals surface area contributed by atoms with Gasteiger partial charge in [0.25, 0.3) is 0 Å². The monoisotopic (exact) mass is 190 g/mol. The molecule has 0 radical (unpaired) electrons. The zero-order valence-corrected chi connectivity index (χ0v) is 8.82. The van der Waals surface area contributed by atoms with Crippen LogP contribution < -0.4 is 0 Å². The minimum Gasteiger partial charge on any atom is -0.248 e. The fourth-order valence-corrected chi connectivity index (χ4v) is 2.24. The molecule has 0 aromatic carbocycles. The van der Waals surface area contributed by atoms with Crippen LogP contribution >= 0.6 is 0 Å². The molecular weight excluding hydrogens is 170 g/mol. The Labute approximate surface area is 79.7 Å². The van der Waals surface area contributed by atoms with Gasteiger partial charge in [-0.3, -0.25) is 0 Å². The molecule has 0 spiro atoms. The van der Waals surface area contributed by atoms with Gasteiger partial charge in [-0.1, -0.05) is 13.8 Å². The molecule has 2 unspecified atom stereocenters. The average molecular weight is 190 g/mol. The van der Waals surface area contributed by atoms with Gasteiger partial charge in [0.15, 0.2) is 0 Å². The van der Waals surface area contributed by atoms with E-state index in [1.165, 1.54) is 0 Å². The number of rotatable bonds is 4. The van der Waals surface area contributed by atoms with E-state index in [-0.39, 0.29) is 5.92 Å². The maximum absolute atomic E-state index is 13.9. The van der Waals surface area contributed by atoms with Crippen molar-refractivity contribution in [3.05, 3.63) is 0 Å². The highest BCUT2D eigenvalue weighted by Gasteiger charge is 2.46. The summed E-state index contributed by atoms with van der Waals surface area (Å²) in [7, 11) is 0. The Balaban J connectivity index is 2.27. The molecule has 1 saturated carbocycles.